The summed E-state index contributed by atoms with van der Waals surface area (Å²) in [5.41, 5.74) is 3.77. The van der Waals surface area contributed by atoms with Gasteiger partial charge in [0.1, 0.15) is 0 Å². The monoisotopic (exact) mass is 378 g/mol. The van der Waals surface area contributed by atoms with E-state index >= 15 is 0 Å². The third-order valence-corrected chi connectivity index (χ3v) is 5.62. The number of rotatable bonds is 6. The molecule has 0 unspecified atom stereocenters. The van der Waals surface area contributed by atoms with Gasteiger partial charge in [0.15, 0.2) is 5.65 Å². The minimum Gasteiger partial charge on any atom is -0.360 e. The average molecular weight is 379 g/mol. The van der Waals surface area contributed by atoms with Crippen molar-refractivity contribution in [2.45, 2.75) is 33.4 Å². The van der Waals surface area contributed by atoms with E-state index in [-0.39, 0.29) is 5.56 Å². The highest BCUT2D eigenvalue weighted by atomic mass is 32.1. The van der Waals surface area contributed by atoms with Crippen LogP contribution in [-0.4, -0.2) is 14.6 Å². The van der Waals surface area contributed by atoms with E-state index in [1.165, 1.54) is 19.8 Å². The van der Waals surface area contributed by atoms with E-state index < -0.39 is 0 Å². The lowest BCUT2D eigenvalue weighted by molar-refractivity contribution is 0.778. The molecule has 6 heteroatoms. The van der Waals surface area contributed by atoms with Crippen LogP contribution in [0.4, 0.5) is 5.69 Å². The maximum absolute atomic E-state index is 12.3. The Balaban J connectivity index is 1.67. The lowest BCUT2D eigenvalue weighted by Crippen LogP contribution is -2.24. The third kappa shape index (κ3) is 3.80. The fraction of sp³-hybridized carbons (Fsp3) is 0.238. The Hall–Kier alpha value is -2.86. The first-order valence-electron chi connectivity index (χ1n) is 9.07. The van der Waals surface area contributed by atoms with Crippen LogP contribution in [0.15, 0.2) is 59.5 Å². The molecular weight excluding hydrogens is 356 g/mol. The molecule has 0 aliphatic heterocycles. The van der Waals surface area contributed by atoms with Gasteiger partial charge in [-0.25, -0.2) is 9.50 Å². The van der Waals surface area contributed by atoms with E-state index in [0.29, 0.717) is 12.2 Å². The van der Waals surface area contributed by atoms with Crippen LogP contribution in [0.2, 0.25) is 0 Å². The Labute approximate surface area is 161 Å². The summed E-state index contributed by atoms with van der Waals surface area (Å²) >= 11 is 1.80. The molecular formula is C21H22N4OS. The van der Waals surface area contributed by atoms with Gasteiger partial charge in [-0.15, -0.1) is 11.3 Å². The largest absolute Gasteiger partial charge is 0.360 e. The van der Waals surface area contributed by atoms with Crippen molar-refractivity contribution in [1.82, 2.24) is 14.6 Å². The van der Waals surface area contributed by atoms with Gasteiger partial charge in [0, 0.05) is 33.8 Å². The normalized spacial score (nSPS) is 11.2. The van der Waals surface area contributed by atoms with Crippen molar-refractivity contribution in [3.8, 4) is 0 Å². The molecule has 0 atom stereocenters. The van der Waals surface area contributed by atoms with Gasteiger partial charge in [-0.3, -0.25) is 9.89 Å². The number of aromatic amines is 1. The van der Waals surface area contributed by atoms with E-state index in [4.69, 9.17) is 0 Å². The molecule has 4 rings (SSSR count). The predicted octanol–water partition coefficient (Wildman–Crippen LogP) is 4.16. The number of benzene rings is 1. The minimum atomic E-state index is -0.0896. The van der Waals surface area contributed by atoms with Crippen LogP contribution in [0.1, 0.15) is 27.9 Å². The number of nitrogens with zero attached hydrogens (tertiary/aromatic N) is 3. The van der Waals surface area contributed by atoms with E-state index in [1.807, 2.05) is 6.07 Å². The number of hydrogen-bond donors (Lipinski definition) is 1. The second-order valence-corrected chi connectivity index (χ2v) is 8.00. The van der Waals surface area contributed by atoms with Gasteiger partial charge in [-0.2, -0.15) is 0 Å². The van der Waals surface area contributed by atoms with Crippen molar-refractivity contribution in [3.63, 3.8) is 0 Å². The number of nitrogens with one attached hydrogen (secondary N) is 1. The van der Waals surface area contributed by atoms with Gasteiger partial charge < -0.3 is 4.90 Å². The molecule has 0 bridgehead atoms. The van der Waals surface area contributed by atoms with Crippen LogP contribution < -0.4 is 10.5 Å². The molecule has 3 aromatic heterocycles. The number of H-pyrrole nitrogens is 1. The quantitative estimate of drug-likeness (QED) is 0.548. The summed E-state index contributed by atoms with van der Waals surface area (Å²) in [7, 11) is 0. The molecule has 0 radical (unpaired) electrons. The first-order valence-corrected chi connectivity index (χ1v) is 9.89. The van der Waals surface area contributed by atoms with Crippen LogP contribution in [0.25, 0.3) is 5.65 Å². The van der Waals surface area contributed by atoms with Crippen LogP contribution >= 0.6 is 11.3 Å². The molecule has 3 heterocycles. The van der Waals surface area contributed by atoms with Crippen LogP contribution in [0.3, 0.4) is 0 Å². The van der Waals surface area contributed by atoms with Gasteiger partial charge in [0.05, 0.1) is 18.8 Å². The molecule has 27 heavy (non-hydrogen) atoms. The molecule has 0 saturated carbocycles. The van der Waals surface area contributed by atoms with Gasteiger partial charge in [-0.05, 0) is 43.2 Å². The van der Waals surface area contributed by atoms with Crippen molar-refractivity contribution in [3.05, 3.63) is 86.1 Å². The maximum atomic E-state index is 12.3. The van der Waals surface area contributed by atoms with Crippen LogP contribution in [-0.2, 0) is 19.5 Å². The molecule has 0 saturated heterocycles. The molecule has 0 spiro atoms. The standard InChI is InChI=1S/C21H22N4OS/c1-3-16-5-7-18(8-6-16)24(14-19-9-4-15(2)27-19)13-17-12-21(26)25-20(23-17)10-11-22-25/h4-12,22H,3,13-14H2,1-2H3. The second kappa shape index (κ2) is 7.40. The topological polar surface area (TPSA) is 53.4 Å². The summed E-state index contributed by atoms with van der Waals surface area (Å²) < 4.78 is 1.45. The van der Waals surface area contributed by atoms with Gasteiger partial charge in [-0.1, -0.05) is 19.1 Å². The van der Waals surface area contributed by atoms with Crippen LogP contribution in [0.5, 0.6) is 0 Å². The molecule has 1 aromatic carbocycles. The molecule has 0 aliphatic carbocycles. The van der Waals surface area contributed by atoms with Crippen molar-refractivity contribution in [1.29, 1.82) is 0 Å². The smallest absolute Gasteiger partial charge is 0.272 e. The number of hydrogen-bond acceptors (Lipinski definition) is 4. The molecule has 5 nitrogen and oxygen atoms in total. The van der Waals surface area contributed by atoms with Gasteiger partial charge in [0.25, 0.3) is 5.56 Å². The van der Waals surface area contributed by atoms with E-state index in [9.17, 15) is 4.79 Å². The first kappa shape index (κ1) is 17.5. The Morgan fingerprint density at radius 3 is 2.63 bits per heavy atom. The van der Waals surface area contributed by atoms with E-state index in [0.717, 1.165) is 24.3 Å². The lowest BCUT2D eigenvalue weighted by Gasteiger charge is -2.24. The Morgan fingerprint density at radius 1 is 1.11 bits per heavy atom. The lowest BCUT2D eigenvalue weighted by atomic mass is 10.1. The summed E-state index contributed by atoms with van der Waals surface area (Å²) in [6, 6.07) is 16.4. The zero-order valence-corrected chi connectivity index (χ0v) is 16.3. The van der Waals surface area contributed by atoms with Crippen molar-refractivity contribution in [2.75, 3.05) is 4.90 Å². The van der Waals surface area contributed by atoms with Crippen LogP contribution in [0, 0.1) is 6.92 Å². The summed E-state index contributed by atoms with van der Waals surface area (Å²) in [5.74, 6) is 0. The summed E-state index contributed by atoms with van der Waals surface area (Å²) in [6.45, 7) is 5.65. The zero-order valence-electron chi connectivity index (χ0n) is 15.5. The number of anilines is 1. The van der Waals surface area contributed by atoms with Crippen molar-refractivity contribution in [2.24, 2.45) is 0 Å². The molecule has 0 fully saturated rings. The molecule has 138 valence electrons. The van der Waals surface area contributed by atoms with Gasteiger partial charge >= 0.3 is 0 Å². The highest BCUT2D eigenvalue weighted by Gasteiger charge is 2.12. The zero-order chi connectivity index (χ0) is 18.8. The number of aryl methyl sites for hydroxylation is 2. The molecule has 0 aliphatic rings. The summed E-state index contributed by atoms with van der Waals surface area (Å²) in [6.07, 6.45) is 2.75. The Bertz CT molecular complexity index is 1110. The fourth-order valence-corrected chi connectivity index (χ4v) is 4.10. The maximum Gasteiger partial charge on any atom is 0.272 e. The van der Waals surface area contributed by atoms with Gasteiger partial charge in [0.2, 0.25) is 0 Å². The number of thiophene rings is 1. The van der Waals surface area contributed by atoms with Crippen molar-refractivity contribution < 1.29 is 0 Å². The SMILES string of the molecule is CCc1ccc(N(Cc2cc(=O)n3[nH]ccc3n2)Cc2ccc(C)s2)cc1. The fourth-order valence-electron chi connectivity index (χ4n) is 3.19. The number of aromatic nitrogens is 3. The number of fused-ring (bicyclic) bond motifs is 1. The van der Waals surface area contributed by atoms with E-state index in [2.05, 4.69) is 65.2 Å². The first-order chi connectivity index (χ1) is 13.1. The second-order valence-electron chi connectivity index (χ2n) is 6.63. The Morgan fingerprint density at radius 2 is 1.93 bits per heavy atom. The highest BCUT2D eigenvalue weighted by molar-refractivity contribution is 7.11. The molecule has 0 amide bonds. The highest BCUT2D eigenvalue weighted by Crippen LogP contribution is 2.24. The third-order valence-electron chi connectivity index (χ3n) is 4.64. The summed E-state index contributed by atoms with van der Waals surface area (Å²) in [5, 5.41) is 2.89. The predicted molar refractivity (Wildman–Crippen MR) is 111 cm³/mol. The van der Waals surface area contributed by atoms with Crippen molar-refractivity contribution >= 4 is 22.7 Å². The minimum absolute atomic E-state index is 0.0896. The summed E-state index contributed by atoms with van der Waals surface area (Å²) in [4.78, 5) is 21.8. The molecule has 1 N–H and O–H groups in total. The van der Waals surface area contributed by atoms with E-state index in [1.54, 1.807) is 23.6 Å². The Kier molecular flexibility index (Phi) is 4.81. The average Bonchev–Trinajstić information content (AvgIpc) is 3.30. The molecule has 4 aromatic rings.